The van der Waals surface area contributed by atoms with E-state index in [0.717, 1.165) is 37.0 Å². The summed E-state index contributed by atoms with van der Waals surface area (Å²) in [4.78, 5) is 14.8. The van der Waals surface area contributed by atoms with Crippen molar-refractivity contribution < 1.29 is 0 Å². The van der Waals surface area contributed by atoms with Crippen LogP contribution in [0.5, 0.6) is 0 Å². The monoisotopic (exact) mass is 216 g/mol. The number of hydrogen-bond acceptors (Lipinski definition) is 1. The summed E-state index contributed by atoms with van der Waals surface area (Å²) in [5.41, 5.74) is 1.95. The zero-order valence-electron chi connectivity index (χ0n) is 9.02. The molecule has 0 radical (unpaired) electrons. The van der Waals surface area contributed by atoms with Gasteiger partial charge in [-0.2, -0.15) is 0 Å². The Morgan fingerprint density at radius 1 is 1.25 bits per heavy atom. The van der Waals surface area contributed by atoms with Gasteiger partial charge in [0.15, 0.2) is 0 Å². The van der Waals surface area contributed by atoms with E-state index in [1.54, 1.807) is 0 Å². The molecule has 0 spiro atoms. The van der Waals surface area contributed by atoms with Crippen molar-refractivity contribution in [3.63, 3.8) is 0 Å². The number of aromatic amines is 1. The summed E-state index contributed by atoms with van der Waals surface area (Å²) in [6.45, 7) is 1.74. The summed E-state index contributed by atoms with van der Waals surface area (Å²) in [5, 5.41) is 4.32. The third kappa shape index (κ3) is 1.46. The Morgan fingerprint density at radius 3 is 2.81 bits per heavy atom. The van der Waals surface area contributed by atoms with Gasteiger partial charge in [0.1, 0.15) is 0 Å². The molecule has 4 nitrogen and oxygen atoms in total. The van der Waals surface area contributed by atoms with Crippen molar-refractivity contribution in [2.75, 3.05) is 13.1 Å². The van der Waals surface area contributed by atoms with Gasteiger partial charge in [-0.3, -0.25) is 4.57 Å². The molecule has 1 N–H and O–H groups in total. The van der Waals surface area contributed by atoms with E-state index < -0.39 is 0 Å². The number of piperidine rings is 1. The van der Waals surface area contributed by atoms with E-state index in [9.17, 15) is 4.79 Å². The number of imidazole rings is 1. The van der Waals surface area contributed by atoms with Gasteiger partial charge in [-0.25, -0.2) is 4.79 Å². The minimum Gasteiger partial charge on any atom is -0.662 e. The highest BCUT2D eigenvalue weighted by atomic mass is 16.1. The molecule has 0 saturated carbocycles. The molecule has 0 bridgehead atoms. The molecule has 2 heterocycles. The maximum Gasteiger partial charge on any atom is 0.326 e. The fourth-order valence-electron chi connectivity index (χ4n) is 2.43. The van der Waals surface area contributed by atoms with Gasteiger partial charge < -0.3 is 10.3 Å². The van der Waals surface area contributed by atoms with Crippen molar-refractivity contribution in [2.24, 2.45) is 0 Å². The third-order valence-corrected chi connectivity index (χ3v) is 3.23. The average Bonchev–Trinajstić information content (AvgIpc) is 2.66. The summed E-state index contributed by atoms with van der Waals surface area (Å²) in [6.07, 6.45) is 1.95. The number of nitrogens with zero attached hydrogens (tertiary/aromatic N) is 2. The second kappa shape index (κ2) is 3.79. The summed E-state index contributed by atoms with van der Waals surface area (Å²) in [6, 6.07) is 8.17. The topological polar surface area (TPSA) is 51.9 Å². The average molecular weight is 216 g/mol. The zero-order chi connectivity index (χ0) is 11.0. The number of fused-ring (bicyclic) bond motifs is 1. The highest BCUT2D eigenvalue weighted by Crippen LogP contribution is 2.24. The van der Waals surface area contributed by atoms with Crippen molar-refractivity contribution in [3.05, 3.63) is 40.1 Å². The van der Waals surface area contributed by atoms with Gasteiger partial charge in [-0.15, -0.1) is 13.1 Å². The molecular weight excluding hydrogens is 202 g/mol. The van der Waals surface area contributed by atoms with Crippen LogP contribution in [0.15, 0.2) is 29.1 Å². The highest BCUT2D eigenvalue weighted by molar-refractivity contribution is 5.75. The predicted molar refractivity (Wildman–Crippen MR) is 63.9 cm³/mol. The van der Waals surface area contributed by atoms with Gasteiger partial charge in [0.05, 0.1) is 11.0 Å². The molecule has 0 unspecified atom stereocenters. The van der Waals surface area contributed by atoms with Gasteiger partial charge in [-0.05, 0) is 12.1 Å². The van der Waals surface area contributed by atoms with Gasteiger partial charge in [0, 0.05) is 6.04 Å². The van der Waals surface area contributed by atoms with E-state index >= 15 is 0 Å². The van der Waals surface area contributed by atoms with Crippen LogP contribution in [0.25, 0.3) is 16.4 Å². The summed E-state index contributed by atoms with van der Waals surface area (Å²) in [5.74, 6) is 0. The van der Waals surface area contributed by atoms with Gasteiger partial charge in [-0.1, -0.05) is 25.0 Å². The first kappa shape index (κ1) is 9.66. The van der Waals surface area contributed by atoms with Gasteiger partial charge in [0.2, 0.25) is 0 Å². The smallest absolute Gasteiger partial charge is 0.326 e. The minimum absolute atomic E-state index is 0.00750. The van der Waals surface area contributed by atoms with E-state index in [0.29, 0.717) is 6.04 Å². The maximum absolute atomic E-state index is 11.9. The number of H-pyrrole nitrogens is 1. The van der Waals surface area contributed by atoms with Crippen molar-refractivity contribution in [3.8, 4) is 0 Å². The predicted octanol–water partition coefficient (Wildman–Crippen LogP) is 2.04. The Balaban J connectivity index is 2.14. The Morgan fingerprint density at radius 2 is 2.00 bits per heavy atom. The van der Waals surface area contributed by atoms with Crippen LogP contribution in [0.2, 0.25) is 0 Å². The summed E-state index contributed by atoms with van der Waals surface area (Å²) in [7, 11) is 0. The van der Waals surface area contributed by atoms with Crippen LogP contribution in [0.4, 0.5) is 0 Å². The van der Waals surface area contributed by atoms with Crippen molar-refractivity contribution >= 4 is 11.0 Å². The fraction of sp³-hybridized carbons (Fsp3) is 0.417. The number of benzene rings is 1. The van der Waals surface area contributed by atoms with Gasteiger partial charge >= 0.3 is 5.69 Å². The molecule has 0 amide bonds. The molecule has 1 saturated heterocycles. The van der Waals surface area contributed by atoms with Crippen LogP contribution in [0, 0.1) is 0 Å². The Hall–Kier alpha value is -1.55. The third-order valence-electron chi connectivity index (χ3n) is 3.23. The van der Waals surface area contributed by atoms with Crippen LogP contribution in [-0.4, -0.2) is 22.6 Å². The first-order valence-corrected chi connectivity index (χ1v) is 5.69. The molecule has 1 aromatic carbocycles. The number of para-hydroxylation sites is 2. The van der Waals surface area contributed by atoms with Crippen LogP contribution in [0.3, 0.4) is 0 Å². The van der Waals surface area contributed by atoms with E-state index in [1.165, 1.54) is 0 Å². The lowest BCUT2D eigenvalue weighted by Crippen LogP contribution is -2.25. The Labute approximate surface area is 93.3 Å². The molecule has 84 valence electrons. The largest absolute Gasteiger partial charge is 0.662 e. The molecule has 2 aromatic rings. The SMILES string of the molecule is O=c1[nH]c2ccccc2n1C1CC[N-]CC1. The van der Waals surface area contributed by atoms with E-state index in [-0.39, 0.29) is 5.69 Å². The minimum atomic E-state index is 0.00750. The number of aromatic nitrogens is 2. The fourth-order valence-corrected chi connectivity index (χ4v) is 2.43. The molecule has 16 heavy (non-hydrogen) atoms. The number of nitrogens with one attached hydrogen (secondary N) is 1. The van der Waals surface area contributed by atoms with Crippen molar-refractivity contribution in [1.29, 1.82) is 0 Å². The van der Waals surface area contributed by atoms with Crippen molar-refractivity contribution in [1.82, 2.24) is 9.55 Å². The summed E-state index contributed by atoms with van der Waals surface area (Å²) >= 11 is 0. The lowest BCUT2D eigenvalue weighted by Gasteiger charge is -2.32. The quantitative estimate of drug-likeness (QED) is 0.779. The molecular formula is C12H14N3O-. The number of hydrogen-bond donors (Lipinski definition) is 1. The Kier molecular flexibility index (Phi) is 2.29. The van der Waals surface area contributed by atoms with Crippen LogP contribution < -0.4 is 5.69 Å². The second-order valence-corrected chi connectivity index (χ2v) is 4.22. The molecule has 1 aromatic heterocycles. The second-order valence-electron chi connectivity index (χ2n) is 4.22. The molecule has 1 aliphatic rings. The molecule has 4 heteroatoms. The number of rotatable bonds is 1. The van der Waals surface area contributed by atoms with Crippen molar-refractivity contribution in [2.45, 2.75) is 18.9 Å². The van der Waals surface area contributed by atoms with E-state index in [1.807, 2.05) is 28.8 Å². The summed E-state index contributed by atoms with van der Waals surface area (Å²) < 4.78 is 1.89. The molecule has 1 aliphatic heterocycles. The molecule has 3 rings (SSSR count). The molecule has 0 aliphatic carbocycles. The molecule has 0 atom stereocenters. The normalized spacial score (nSPS) is 18.0. The molecule has 1 fully saturated rings. The lowest BCUT2D eigenvalue weighted by atomic mass is 10.1. The first-order chi connectivity index (χ1) is 7.86. The van der Waals surface area contributed by atoms with Crippen LogP contribution >= 0.6 is 0 Å². The Bertz CT molecular complexity index is 549. The standard InChI is InChI=1S/C12H14N3O/c16-12-14-10-3-1-2-4-11(10)15(12)9-5-7-13-8-6-9/h1-4,9H,5-8H2,(H,14,16)/q-1. The van der Waals surface area contributed by atoms with E-state index in [2.05, 4.69) is 10.3 Å². The van der Waals surface area contributed by atoms with Gasteiger partial charge in [0.25, 0.3) is 0 Å². The zero-order valence-corrected chi connectivity index (χ0v) is 9.02. The maximum atomic E-state index is 11.9. The first-order valence-electron chi connectivity index (χ1n) is 5.69. The van der Waals surface area contributed by atoms with Crippen LogP contribution in [0.1, 0.15) is 18.9 Å². The van der Waals surface area contributed by atoms with Crippen LogP contribution in [-0.2, 0) is 0 Å². The lowest BCUT2D eigenvalue weighted by molar-refractivity contribution is 0.432. The highest BCUT2D eigenvalue weighted by Gasteiger charge is 2.15. The van der Waals surface area contributed by atoms with E-state index in [4.69, 9.17) is 0 Å².